The van der Waals surface area contributed by atoms with Gasteiger partial charge in [-0.15, -0.1) is 0 Å². The smallest absolute Gasteiger partial charge is 0.238 e. The first-order chi connectivity index (χ1) is 12.0. The highest BCUT2D eigenvalue weighted by molar-refractivity contribution is 7.89. The van der Waals surface area contributed by atoms with Crippen LogP contribution in [0.4, 0.5) is 4.39 Å². The molecule has 1 aliphatic heterocycles. The van der Waals surface area contributed by atoms with Crippen molar-refractivity contribution in [2.45, 2.75) is 25.7 Å². The molecule has 0 amide bonds. The molecule has 6 nitrogen and oxygen atoms in total. The van der Waals surface area contributed by atoms with Gasteiger partial charge in [0.1, 0.15) is 11.6 Å². The monoisotopic (exact) mass is 365 g/mol. The van der Waals surface area contributed by atoms with Crippen LogP contribution in [0.15, 0.2) is 36.7 Å². The van der Waals surface area contributed by atoms with Crippen LogP contribution in [0.1, 0.15) is 31.4 Å². The molecule has 25 heavy (non-hydrogen) atoms. The third-order valence-electron chi connectivity index (χ3n) is 4.21. The molecule has 1 aliphatic rings. The lowest BCUT2D eigenvalue weighted by Crippen LogP contribution is -2.40. The molecule has 1 aromatic carbocycles. The highest BCUT2D eigenvalue weighted by Gasteiger charge is 2.29. The number of nitrogens with zero attached hydrogens (tertiary/aromatic N) is 3. The Morgan fingerprint density at radius 2 is 2.20 bits per heavy atom. The summed E-state index contributed by atoms with van der Waals surface area (Å²) in [6.07, 6.45) is 4.71. The van der Waals surface area contributed by atoms with E-state index in [9.17, 15) is 12.8 Å². The fraction of sp³-hybridized carbons (Fsp3) is 0.412. The first kappa shape index (κ1) is 17.8. The minimum Gasteiger partial charge on any atom is -0.437 e. The number of ether oxygens (including phenoxy) is 1. The third-order valence-corrected chi connectivity index (χ3v) is 6.06. The quantitative estimate of drug-likeness (QED) is 0.815. The van der Waals surface area contributed by atoms with Crippen LogP contribution in [0.3, 0.4) is 0 Å². The lowest BCUT2D eigenvalue weighted by molar-refractivity contribution is 0.311. The lowest BCUT2D eigenvalue weighted by Gasteiger charge is -2.31. The third kappa shape index (κ3) is 4.32. The summed E-state index contributed by atoms with van der Waals surface area (Å²) in [4.78, 5) is 8.57. The van der Waals surface area contributed by atoms with Gasteiger partial charge in [0.2, 0.25) is 15.9 Å². The Morgan fingerprint density at radius 1 is 1.36 bits per heavy atom. The van der Waals surface area contributed by atoms with Crippen molar-refractivity contribution in [3.8, 4) is 11.6 Å². The zero-order chi connectivity index (χ0) is 17.9. The largest absolute Gasteiger partial charge is 0.437 e. The predicted octanol–water partition coefficient (Wildman–Crippen LogP) is 2.94. The molecule has 0 spiro atoms. The van der Waals surface area contributed by atoms with Crippen molar-refractivity contribution < 1.29 is 17.5 Å². The highest BCUT2D eigenvalue weighted by atomic mass is 32.2. The molecule has 0 N–H and O–H groups in total. The second-order valence-electron chi connectivity index (χ2n) is 5.94. The zero-order valence-corrected chi connectivity index (χ0v) is 14.7. The number of hydrogen-bond acceptors (Lipinski definition) is 5. The molecule has 1 aromatic heterocycles. The summed E-state index contributed by atoms with van der Waals surface area (Å²) < 4.78 is 44.5. The zero-order valence-electron chi connectivity index (χ0n) is 13.9. The fourth-order valence-corrected chi connectivity index (χ4v) is 4.06. The van der Waals surface area contributed by atoms with Crippen LogP contribution >= 0.6 is 0 Å². The topological polar surface area (TPSA) is 72.4 Å². The molecule has 0 aliphatic carbocycles. The average Bonchev–Trinajstić information content (AvgIpc) is 2.62. The summed E-state index contributed by atoms with van der Waals surface area (Å²) in [6.45, 7) is 2.58. The highest BCUT2D eigenvalue weighted by Crippen LogP contribution is 2.28. The molecule has 0 radical (unpaired) electrons. The number of rotatable bonds is 5. The molecule has 1 atom stereocenters. The summed E-state index contributed by atoms with van der Waals surface area (Å²) in [5.74, 6) is 0.269. The van der Waals surface area contributed by atoms with Crippen molar-refractivity contribution in [2.75, 3.05) is 18.8 Å². The van der Waals surface area contributed by atoms with E-state index in [1.165, 1.54) is 22.6 Å². The van der Waals surface area contributed by atoms with Crippen LogP contribution < -0.4 is 4.74 Å². The van der Waals surface area contributed by atoms with Gasteiger partial charge in [0.15, 0.2) is 0 Å². The van der Waals surface area contributed by atoms with Crippen LogP contribution in [0, 0.1) is 5.82 Å². The summed E-state index contributed by atoms with van der Waals surface area (Å²) >= 11 is 0. The van der Waals surface area contributed by atoms with E-state index in [2.05, 4.69) is 9.97 Å². The number of aromatic nitrogens is 2. The summed E-state index contributed by atoms with van der Waals surface area (Å²) in [5.41, 5.74) is 0.685. The van der Waals surface area contributed by atoms with Crippen molar-refractivity contribution >= 4 is 10.0 Å². The van der Waals surface area contributed by atoms with E-state index in [1.807, 2.05) is 0 Å². The fourth-order valence-electron chi connectivity index (χ4n) is 2.88. The second-order valence-corrected chi connectivity index (χ2v) is 8.20. The van der Waals surface area contributed by atoms with E-state index < -0.39 is 15.8 Å². The van der Waals surface area contributed by atoms with E-state index in [1.54, 1.807) is 25.3 Å². The van der Waals surface area contributed by atoms with E-state index in [4.69, 9.17) is 4.74 Å². The molecule has 8 heteroatoms. The van der Waals surface area contributed by atoms with Gasteiger partial charge in [-0.05, 0) is 31.9 Å². The van der Waals surface area contributed by atoms with Gasteiger partial charge in [-0.25, -0.2) is 22.1 Å². The Balaban J connectivity index is 1.77. The van der Waals surface area contributed by atoms with E-state index in [0.29, 0.717) is 24.5 Å². The number of piperidine rings is 1. The summed E-state index contributed by atoms with van der Waals surface area (Å²) in [7, 11) is -3.21. The molecule has 1 fully saturated rings. The Hall–Kier alpha value is -2.06. The van der Waals surface area contributed by atoms with Crippen LogP contribution in [0.2, 0.25) is 0 Å². The van der Waals surface area contributed by atoms with Crippen molar-refractivity contribution in [3.63, 3.8) is 0 Å². The second kappa shape index (κ2) is 7.45. The van der Waals surface area contributed by atoms with E-state index in [0.717, 1.165) is 12.8 Å². The van der Waals surface area contributed by atoms with Crippen molar-refractivity contribution in [1.82, 2.24) is 14.3 Å². The van der Waals surface area contributed by atoms with Crippen LogP contribution in [0.5, 0.6) is 11.6 Å². The van der Waals surface area contributed by atoms with Gasteiger partial charge in [0.25, 0.3) is 0 Å². The van der Waals surface area contributed by atoms with Crippen LogP contribution in [-0.2, 0) is 10.0 Å². The first-order valence-electron chi connectivity index (χ1n) is 8.21. The maximum Gasteiger partial charge on any atom is 0.238 e. The Kier molecular flexibility index (Phi) is 5.29. The van der Waals surface area contributed by atoms with Gasteiger partial charge in [-0.3, -0.25) is 4.98 Å². The standard InChI is InChI=1S/C17H20FN3O3S/c1-2-25(22,23)21-8-4-5-13(12-21)16-10-19-11-17(20-16)24-15-7-3-6-14(18)9-15/h3,6-7,9-11,13H,2,4-5,8,12H2,1H3/t13-/m0/s1. The van der Waals surface area contributed by atoms with Gasteiger partial charge in [-0.2, -0.15) is 0 Å². The van der Waals surface area contributed by atoms with E-state index >= 15 is 0 Å². The Morgan fingerprint density at radius 3 is 2.96 bits per heavy atom. The number of benzene rings is 1. The summed E-state index contributed by atoms with van der Waals surface area (Å²) in [6, 6.07) is 5.79. The molecular weight excluding hydrogens is 345 g/mol. The molecule has 2 heterocycles. The number of halogens is 1. The Labute approximate surface area is 146 Å². The van der Waals surface area contributed by atoms with Crippen molar-refractivity contribution in [2.24, 2.45) is 0 Å². The average molecular weight is 365 g/mol. The SMILES string of the molecule is CCS(=O)(=O)N1CCC[C@H](c2cncc(Oc3cccc(F)c3)n2)C1. The first-order valence-corrected chi connectivity index (χ1v) is 9.82. The molecular formula is C17H20FN3O3S. The lowest BCUT2D eigenvalue weighted by atomic mass is 9.96. The minimum absolute atomic E-state index is 0.0290. The van der Waals surface area contributed by atoms with Gasteiger partial charge in [0, 0.05) is 31.3 Å². The molecule has 134 valence electrons. The Bertz CT molecular complexity index is 845. The maximum atomic E-state index is 13.2. The van der Waals surface area contributed by atoms with E-state index in [-0.39, 0.29) is 17.6 Å². The molecule has 1 saturated heterocycles. The molecule has 0 unspecified atom stereocenters. The van der Waals surface area contributed by atoms with Crippen molar-refractivity contribution in [1.29, 1.82) is 0 Å². The number of hydrogen-bond donors (Lipinski definition) is 0. The molecule has 0 bridgehead atoms. The summed E-state index contributed by atoms with van der Waals surface area (Å²) in [5, 5.41) is 0. The van der Waals surface area contributed by atoms with Crippen LogP contribution in [-0.4, -0.2) is 41.5 Å². The minimum atomic E-state index is -3.21. The van der Waals surface area contributed by atoms with Gasteiger partial charge < -0.3 is 4.74 Å². The van der Waals surface area contributed by atoms with Gasteiger partial charge in [-0.1, -0.05) is 6.07 Å². The van der Waals surface area contributed by atoms with Gasteiger partial charge in [0.05, 0.1) is 17.6 Å². The van der Waals surface area contributed by atoms with Crippen molar-refractivity contribution in [3.05, 3.63) is 48.2 Å². The molecule has 2 aromatic rings. The maximum absolute atomic E-state index is 13.2. The predicted molar refractivity (Wildman–Crippen MR) is 91.5 cm³/mol. The molecule has 3 rings (SSSR count). The van der Waals surface area contributed by atoms with Gasteiger partial charge >= 0.3 is 0 Å². The number of sulfonamides is 1. The molecule has 0 saturated carbocycles. The van der Waals surface area contributed by atoms with Crippen LogP contribution in [0.25, 0.3) is 0 Å². The normalized spacial score (nSPS) is 18.9.